The number of nitrogens with one attached hydrogen (secondary N) is 1. The van der Waals surface area contributed by atoms with Gasteiger partial charge in [0.2, 0.25) is 0 Å². The first-order chi connectivity index (χ1) is 10.1. The van der Waals surface area contributed by atoms with Crippen molar-refractivity contribution in [2.24, 2.45) is 0 Å². The maximum atomic E-state index is 10.7. The third-order valence-electron chi connectivity index (χ3n) is 2.89. The van der Waals surface area contributed by atoms with E-state index in [2.05, 4.69) is 33.4 Å². The Bertz CT molecular complexity index is 581. The number of carbonyl (C=O) groups is 1. The molecular weight excluding hydrogens is 334 g/mol. The molecule has 0 heterocycles. The summed E-state index contributed by atoms with van der Waals surface area (Å²) in [6.07, 6.45) is 0. The monoisotopic (exact) mass is 349 g/mol. The molecule has 0 amide bonds. The van der Waals surface area contributed by atoms with Gasteiger partial charge in [0.15, 0.2) is 0 Å². The van der Waals surface area contributed by atoms with E-state index in [9.17, 15) is 4.79 Å². The minimum absolute atomic E-state index is 0.260. The maximum absolute atomic E-state index is 10.7. The summed E-state index contributed by atoms with van der Waals surface area (Å²) in [5.41, 5.74) is 1.47. The molecule has 0 bridgehead atoms. The Morgan fingerprint density at radius 2 is 1.76 bits per heavy atom. The van der Waals surface area contributed by atoms with E-state index in [4.69, 9.17) is 9.84 Å². The van der Waals surface area contributed by atoms with Gasteiger partial charge in [-0.2, -0.15) is 0 Å². The summed E-state index contributed by atoms with van der Waals surface area (Å²) in [6, 6.07) is 14.5. The van der Waals surface area contributed by atoms with Crippen LogP contribution in [0.25, 0.3) is 0 Å². The number of rotatable bonds is 7. The lowest BCUT2D eigenvalue weighted by Crippen LogP contribution is -2.20. The number of aromatic carboxylic acids is 1. The fourth-order valence-corrected chi connectivity index (χ4v) is 2.03. The molecule has 0 fully saturated rings. The molecule has 2 aromatic carbocycles. The summed E-state index contributed by atoms with van der Waals surface area (Å²) in [6.45, 7) is 2.04. The van der Waals surface area contributed by atoms with Gasteiger partial charge < -0.3 is 15.2 Å². The molecule has 110 valence electrons. The van der Waals surface area contributed by atoms with Crippen LogP contribution in [0.2, 0.25) is 0 Å². The lowest BCUT2D eigenvalue weighted by atomic mass is 10.2. The minimum Gasteiger partial charge on any atom is -0.492 e. The Labute approximate surface area is 131 Å². The quantitative estimate of drug-likeness (QED) is 0.753. The van der Waals surface area contributed by atoms with Crippen molar-refractivity contribution in [2.45, 2.75) is 6.54 Å². The molecule has 0 aliphatic rings. The Morgan fingerprint density at radius 1 is 1.10 bits per heavy atom. The summed E-state index contributed by atoms with van der Waals surface area (Å²) in [5.74, 6) is -0.261. The van der Waals surface area contributed by atoms with Gasteiger partial charge in [0.05, 0.1) is 5.56 Å². The standard InChI is InChI=1S/C16H16BrNO3/c17-14-5-1-12(2-6-14)11-18-9-10-21-15-7-3-13(4-8-15)16(19)20/h1-8,18H,9-11H2,(H,19,20). The van der Waals surface area contributed by atoms with Crippen molar-refractivity contribution in [3.63, 3.8) is 0 Å². The van der Waals surface area contributed by atoms with Crippen molar-refractivity contribution in [1.29, 1.82) is 0 Å². The van der Waals surface area contributed by atoms with Crippen LogP contribution < -0.4 is 10.1 Å². The van der Waals surface area contributed by atoms with E-state index in [-0.39, 0.29) is 5.56 Å². The van der Waals surface area contributed by atoms with Crippen LogP contribution in [-0.4, -0.2) is 24.2 Å². The van der Waals surface area contributed by atoms with E-state index in [1.165, 1.54) is 17.7 Å². The van der Waals surface area contributed by atoms with Crippen molar-refractivity contribution in [2.75, 3.05) is 13.2 Å². The van der Waals surface area contributed by atoms with E-state index in [0.717, 1.165) is 17.6 Å². The molecular formula is C16H16BrNO3. The topological polar surface area (TPSA) is 58.6 Å². The lowest BCUT2D eigenvalue weighted by molar-refractivity contribution is 0.0697. The predicted octanol–water partition coefficient (Wildman–Crippen LogP) is 3.32. The number of hydrogen-bond donors (Lipinski definition) is 2. The van der Waals surface area contributed by atoms with Crippen molar-refractivity contribution in [1.82, 2.24) is 5.32 Å². The number of carboxylic acids is 1. The highest BCUT2D eigenvalue weighted by atomic mass is 79.9. The number of hydrogen-bond acceptors (Lipinski definition) is 3. The summed E-state index contributed by atoms with van der Waals surface area (Å²) < 4.78 is 6.60. The second-order valence-electron chi connectivity index (χ2n) is 4.48. The van der Waals surface area contributed by atoms with Crippen LogP contribution in [0.1, 0.15) is 15.9 Å². The first-order valence-electron chi connectivity index (χ1n) is 6.56. The van der Waals surface area contributed by atoms with E-state index in [1.807, 2.05) is 12.1 Å². The zero-order valence-electron chi connectivity index (χ0n) is 11.4. The Morgan fingerprint density at radius 3 is 2.38 bits per heavy atom. The van der Waals surface area contributed by atoms with Gasteiger partial charge in [-0.05, 0) is 42.0 Å². The highest BCUT2D eigenvalue weighted by molar-refractivity contribution is 9.10. The largest absolute Gasteiger partial charge is 0.492 e. The lowest BCUT2D eigenvalue weighted by Gasteiger charge is -2.08. The number of carboxylic acid groups (broad SMARTS) is 1. The molecule has 21 heavy (non-hydrogen) atoms. The van der Waals surface area contributed by atoms with Crippen molar-refractivity contribution in [3.05, 3.63) is 64.1 Å². The fourth-order valence-electron chi connectivity index (χ4n) is 1.77. The maximum Gasteiger partial charge on any atom is 0.335 e. The van der Waals surface area contributed by atoms with Gasteiger partial charge in [0.25, 0.3) is 0 Å². The molecule has 0 saturated heterocycles. The second-order valence-corrected chi connectivity index (χ2v) is 5.40. The first kappa shape index (κ1) is 15.5. The molecule has 0 radical (unpaired) electrons. The Hall–Kier alpha value is -1.85. The van der Waals surface area contributed by atoms with Crippen molar-refractivity contribution in [3.8, 4) is 5.75 Å². The Kier molecular flexibility index (Phi) is 5.78. The average molecular weight is 350 g/mol. The van der Waals surface area contributed by atoms with E-state index in [1.54, 1.807) is 12.1 Å². The van der Waals surface area contributed by atoms with Crippen LogP contribution >= 0.6 is 15.9 Å². The number of benzene rings is 2. The molecule has 2 aromatic rings. The third-order valence-corrected chi connectivity index (χ3v) is 3.42. The number of halogens is 1. The van der Waals surface area contributed by atoms with E-state index >= 15 is 0 Å². The van der Waals surface area contributed by atoms with Crippen LogP contribution in [-0.2, 0) is 6.54 Å². The summed E-state index contributed by atoms with van der Waals surface area (Å²) in [4.78, 5) is 10.7. The molecule has 0 aliphatic carbocycles. The molecule has 0 unspecified atom stereocenters. The molecule has 0 saturated carbocycles. The minimum atomic E-state index is -0.933. The van der Waals surface area contributed by atoms with Crippen LogP contribution in [0, 0.1) is 0 Å². The van der Waals surface area contributed by atoms with Crippen molar-refractivity contribution >= 4 is 21.9 Å². The smallest absolute Gasteiger partial charge is 0.335 e. The molecule has 0 aromatic heterocycles. The van der Waals surface area contributed by atoms with Crippen LogP contribution in [0.4, 0.5) is 0 Å². The summed E-state index contributed by atoms with van der Waals surface area (Å²) in [5, 5.41) is 12.1. The fraction of sp³-hybridized carbons (Fsp3) is 0.188. The zero-order chi connectivity index (χ0) is 15.1. The highest BCUT2D eigenvalue weighted by Gasteiger charge is 2.01. The predicted molar refractivity (Wildman–Crippen MR) is 84.7 cm³/mol. The normalized spacial score (nSPS) is 10.3. The second kappa shape index (κ2) is 7.81. The van der Waals surface area contributed by atoms with E-state index < -0.39 is 5.97 Å². The summed E-state index contributed by atoms with van der Waals surface area (Å²) >= 11 is 3.40. The van der Waals surface area contributed by atoms with Gasteiger partial charge in [-0.1, -0.05) is 28.1 Å². The van der Waals surface area contributed by atoms with Gasteiger partial charge in [-0.15, -0.1) is 0 Å². The molecule has 0 aliphatic heterocycles. The molecule has 2 rings (SSSR count). The van der Waals surface area contributed by atoms with Crippen LogP contribution in [0.15, 0.2) is 53.0 Å². The third kappa shape index (κ3) is 5.21. The Balaban J connectivity index is 1.67. The molecule has 0 atom stereocenters. The molecule has 2 N–H and O–H groups in total. The average Bonchev–Trinajstić information content (AvgIpc) is 2.49. The van der Waals surface area contributed by atoms with Gasteiger partial charge in [0, 0.05) is 17.6 Å². The number of ether oxygens (including phenoxy) is 1. The van der Waals surface area contributed by atoms with Crippen LogP contribution in [0.3, 0.4) is 0 Å². The summed E-state index contributed by atoms with van der Waals surface area (Å²) in [7, 11) is 0. The molecule has 0 spiro atoms. The zero-order valence-corrected chi connectivity index (χ0v) is 13.0. The SMILES string of the molecule is O=C(O)c1ccc(OCCNCc2ccc(Br)cc2)cc1. The first-order valence-corrected chi connectivity index (χ1v) is 7.36. The molecule has 4 nitrogen and oxygen atoms in total. The van der Waals surface area contributed by atoms with E-state index in [0.29, 0.717) is 12.4 Å². The van der Waals surface area contributed by atoms with Crippen molar-refractivity contribution < 1.29 is 14.6 Å². The van der Waals surface area contributed by atoms with Gasteiger partial charge in [0.1, 0.15) is 12.4 Å². The van der Waals surface area contributed by atoms with Gasteiger partial charge in [-0.3, -0.25) is 0 Å². The highest BCUT2D eigenvalue weighted by Crippen LogP contribution is 2.12. The van der Waals surface area contributed by atoms with Crippen LogP contribution in [0.5, 0.6) is 5.75 Å². The van der Waals surface area contributed by atoms with Gasteiger partial charge in [-0.25, -0.2) is 4.79 Å². The van der Waals surface area contributed by atoms with Gasteiger partial charge >= 0.3 is 5.97 Å². The molecule has 5 heteroatoms.